The van der Waals surface area contributed by atoms with Crippen molar-refractivity contribution >= 4 is 10.0 Å². The monoisotopic (exact) mass is 293 g/mol. The standard InChI is InChI=1S/C16H23NO2S/c1-11(2)8-14-5-6-15-10-13-9-12(3)4-7-16(13)20(18,19)17(14)15/h4,7,9,11,14-15H,5-6,8,10H2,1-3H3/t14-,15+/m1/s1. The van der Waals surface area contributed by atoms with Gasteiger partial charge in [0.25, 0.3) is 0 Å². The van der Waals surface area contributed by atoms with Crippen LogP contribution in [0.5, 0.6) is 0 Å². The number of hydrogen-bond donors (Lipinski definition) is 0. The second-order valence-electron chi connectivity index (χ2n) is 6.66. The molecule has 2 aliphatic rings. The van der Waals surface area contributed by atoms with Crippen molar-refractivity contribution in [1.82, 2.24) is 4.31 Å². The molecule has 2 aliphatic heterocycles. The summed E-state index contributed by atoms with van der Waals surface area (Å²) in [5, 5.41) is 0. The van der Waals surface area contributed by atoms with Gasteiger partial charge in [-0.1, -0.05) is 31.5 Å². The van der Waals surface area contributed by atoms with Gasteiger partial charge in [0.05, 0.1) is 4.90 Å². The van der Waals surface area contributed by atoms with Gasteiger partial charge in [-0.3, -0.25) is 0 Å². The fourth-order valence-corrected chi connectivity index (χ4v) is 5.87. The molecule has 0 saturated carbocycles. The highest BCUT2D eigenvalue weighted by Crippen LogP contribution is 2.40. The Morgan fingerprint density at radius 3 is 2.75 bits per heavy atom. The van der Waals surface area contributed by atoms with Crippen LogP contribution in [0.25, 0.3) is 0 Å². The van der Waals surface area contributed by atoms with Crippen LogP contribution in [0, 0.1) is 12.8 Å². The molecular formula is C16H23NO2S. The van der Waals surface area contributed by atoms with Gasteiger partial charge in [-0.2, -0.15) is 4.31 Å². The van der Waals surface area contributed by atoms with E-state index in [1.807, 2.05) is 23.4 Å². The van der Waals surface area contributed by atoms with Gasteiger partial charge in [0, 0.05) is 12.1 Å². The summed E-state index contributed by atoms with van der Waals surface area (Å²) in [5.74, 6) is 0.536. The molecule has 1 fully saturated rings. The molecule has 110 valence electrons. The molecule has 0 spiro atoms. The first-order valence-electron chi connectivity index (χ1n) is 7.52. The Labute approximate surface area is 122 Å². The van der Waals surface area contributed by atoms with E-state index >= 15 is 0 Å². The molecule has 0 aromatic heterocycles. The Kier molecular flexibility index (Phi) is 3.41. The zero-order chi connectivity index (χ0) is 14.5. The van der Waals surface area contributed by atoms with Crippen molar-refractivity contribution in [1.29, 1.82) is 0 Å². The maximum absolute atomic E-state index is 12.9. The predicted octanol–water partition coefficient (Wildman–Crippen LogP) is 3.12. The molecule has 3 rings (SSSR count). The first-order valence-corrected chi connectivity index (χ1v) is 8.96. The molecule has 1 saturated heterocycles. The summed E-state index contributed by atoms with van der Waals surface area (Å²) in [4.78, 5) is 0.537. The summed E-state index contributed by atoms with van der Waals surface area (Å²) in [6.07, 6.45) is 3.86. The highest BCUT2D eigenvalue weighted by molar-refractivity contribution is 7.89. The quantitative estimate of drug-likeness (QED) is 0.840. The Hall–Kier alpha value is -0.870. The maximum Gasteiger partial charge on any atom is 0.243 e. The lowest BCUT2D eigenvalue weighted by atomic mass is 10.0. The average Bonchev–Trinajstić information content (AvgIpc) is 2.71. The third-order valence-corrected chi connectivity index (χ3v) is 6.63. The van der Waals surface area contributed by atoms with E-state index in [2.05, 4.69) is 13.8 Å². The predicted molar refractivity (Wildman–Crippen MR) is 80.2 cm³/mol. The van der Waals surface area contributed by atoms with Crippen molar-refractivity contribution in [3.63, 3.8) is 0 Å². The molecule has 3 nitrogen and oxygen atoms in total. The van der Waals surface area contributed by atoms with Gasteiger partial charge >= 0.3 is 0 Å². The van der Waals surface area contributed by atoms with Gasteiger partial charge in [0.15, 0.2) is 0 Å². The first kappa shape index (κ1) is 14.1. The number of nitrogens with zero attached hydrogens (tertiary/aromatic N) is 1. The molecular weight excluding hydrogens is 270 g/mol. The van der Waals surface area contributed by atoms with E-state index in [9.17, 15) is 8.42 Å². The molecule has 0 aliphatic carbocycles. The molecule has 1 aromatic rings. The summed E-state index contributed by atoms with van der Waals surface area (Å²) >= 11 is 0. The van der Waals surface area contributed by atoms with E-state index in [0.29, 0.717) is 10.8 Å². The second kappa shape index (κ2) is 4.85. The lowest BCUT2D eigenvalue weighted by molar-refractivity contribution is 0.280. The average molecular weight is 293 g/mol. The van der Waals surface area contributed by atoms with Crippen molar-refractivity contribution in [2.75, 3.05) is 0 Å². The number of benzene rings is 1. The molecule has 4 heteroatoms. The fourth-order valence-electron chi connectivity index (χ4n) is 3.77. The van der Waals surface area contributed by atoms with Crippen LogP contribution in [0.4, 0.5) is 0 Å². The summed E-state index contributed by atoms with van der Waals surface area (Å²) in [6, 6.07) is 6.11. The molecule has 0 unspecified atom stereocenters. The molecule has 0 N–H and O–H groups in total. The van der Waals surface area contributed by atoms with E-state index in [4.69, 9.17) is 0 Å². The van der Waals surface area contributed by atoms with Gasteiger partial charge in [-0.05, 0) is 50.2 Å². The highest BCUT2D eigenvalue weighted by Gasteiger charge is 2.46. The number of rotatable bonds is 2. The lowest BCUT2D eigenvalue weighted by Crippen LogP contribution is -2.45. The number of hydrogen-bond acceptors (Lipinski definition) is 2. The van der Waals surface area contributed by atoms with Crippen molar-refractivity contribution in [3.05, 3.63) is 29.3 Å². The lowest BCUT2D eigenvalue weighted by Gasteiger charge is -2.35. The Bertz CT molecular complexity index is 621. The van der Waals surface area contributed by atoms with Gasteiger partial charge < -0.3 is 0 Å². The van der Waals surface area contributed by atoms with Crippen LogP contribution in [0.1, 0.15) is 44.2 Å². The van der Waals surface area contributed by atoms with Crippen molar-refractivity contribution in [2.45, 2.75) is 63.4 Å². The maximum atomic E-state index is 12.9. The largest absolute Gasteiger partial charge is 0.243 e. The van der Waals surface area contributed by atoms with E-state index < -0.39 is 10.0 Å². The third kappa shape index (κ3) is 2.19. The molecule has 20 heavy (non-hydrogen) atoms. The molecule has 0 bridgehead atoms. The Balaban J connectivity index is 2.03. The molecule has 2 atom stereocenters. The van der Waals surface area contributed by atoms with E-state index in [0.717, 1.165) is 36.8 Å². The zero-order valence-electron chi connectivity index (χ0n) is 12.5. The topological polar surface area (TPSA) is 37.4 Å². The van der Waals surface area contributed by atoms with Crippen LogP contribution in [0.2, 0.25) is 0 Å². The van der Waals surface area contributed by atoms with Crippen LogP contribution < -0.4 is 0 Å². The van der Waals surface area contributed by atoms with E-state index in [1.54, 1.807) is 6.07 Å². The van der Waals surface area contributed by atoms with Gasteiger partial charge in [0.1, 0.15) is 0 Å². The van der Waals surface area contributed by atoms with Gasteiger partial charge in [-0.25, -0.2) is 8.42 Å². The van der Waals surface area contributed by atoms with E-state index in [-0.39, 0.29) is 12.1 Å². The van der Waals surface area contributed by atoms with Gasteiger partial charge in [-0.15, -0.1) is 0 Å². The summed E-state index contributed by atoms with van der Waals surface area (Å²) in [5.41, 5.74) is 2.15. The summed E-state index contributed by atoms with van der Waals surface area (Å²) < 4.78 is 27.7. The van der Waals surface area contributed by atoms with E-state index in [1.165, 1.54) is 0 Å². The highest BCUT2D eigenvalue weighted by atomic mass is 32.2. The zero-order valence-corrected chi connectivity index (χ0v) is 13.3. The minimum Gasteiger partial charge on any atom is -0.207 e. The molecule has 0 amide bonds. The fraction of sp³-hybridized carbons (Fsp3) is 0.625. The molecule has 1 aromatic carbocycles. The smallest absolute Gasteiger partial charge is 0.207 e. The van der Waals surface area contributed by atoms with Crippen LogP contribution >= 0.6 is 0 Å². The van der Waals surface area contributed by atoms with Gasteiger partial charge in [0.2, 0.25) is 10.0 Å². The van der Waals surface area contributed by atoms with Crippen LogP contribution in [-0.4, -0.2) is 24.8 Å². The van der Waals surface area contributed by atoms with Crippen LogP contribution in [-0.2, 0) is 16.4 Å². The normalized spacial score (nSPS) is 28.4. The van der Waals surface area contributed by atoms with Crippen LogP contribution in [0.15, 0.2) is 23.1 Å². The minimum atomic E-state index is -3.30. The third-order valence-electron chi connectivity index (χ3n) is 4.52. The van der Waals surface area contributed by atoms with Crippen molar-refractivity contribution in [2.24, 2.45) is 5.92 Å². The first-order chi connectivity index (χ1) is 9.39. The van der Waals surface area contributed by atoms with Crippen LogP contribution in [0.3, 0.4) is 0 Å². The Morgan fingerprint density at radius 1 is 1.30 bits per heavy atom. The minimum absolute atomic E-state index is 0.179. The molecule has 2 heterocycles. The Morgan fingerprint density at radius 2 is 2.05 bits per heavy atom. The summed E-state index contributed by atoms with van der Waals surface area (Å²) in [6.45, 7) is 6.36. The number of aryl methyl sites for hydroxylation is 1. The van der Waals surface area contributed by atoms with Crippen molar-refractivity contribution in [3.8, 4) is 0 Å². The SMILES string of the molecule is Cc1ccc2c(c1)C[C@@H]1CC[C@H](CC(C)C)N1S2(=O)=O. The number of sulfonamides is 1. The summed E-state index contributed by atoms with van der Waals surface area (Å²) in [7, 11) is -3.30. The molecule has 0 radical (unpaired) electrons. The van der Waals surface area contributed by atoms with Crippen molar-refractivity contribution < 1.29 is 8.42 Å². The number of fused-ring (bicyclic) bond motifs is 2. The second-order valence-corrected chi connectivity index (χ2v) is 8.48.